The fourth-order valence-corrected chi connectivity index (χ4v) is 2.68. The molecule has 82 valence electrons. The summed E-state index contributed by atoms with van der Waals surface area (Å²) in [6.07, 6.45) is 5.31. The molecular weight excluding hydrogens is 186 g/mol. The Kier molecular flexibility index (Phi) is 3.27. The average molecular weight is 205 g/mol. The van der Waals surface area contributed by atoms with Gasteiger partial charge in [0.15, 0.2) is 0 Å². The Labute approximate surface area is 91.3 Å². The van der Waals surface area contributed by atoms with Crippen molar-refractivity contribution in [1.82, 2.24) is 5.32 Å². The van der Waals surface area contributed by atoms with Crippen molar-refractivity contribution < 1.29 is 5.11 Å². The van der Waals surface area contributed by atoms with Gasteiger partial charge in [0.2, 0.25) is 0 Å². The van der Waals surface area contributed by atoms with Gasteiger partial charge in [0, 0.05) is 6.04 Å². The summed E-state index contributed by atoms with van der Waals surface area (Å²) in [5.41, 5.74) is 1.21. The van der Waals surface area contributed by atoms with Crippen LogP contribution in [0.3, 0.4) is 0 Å². The summed E-state index contributed by atoms with van der Waals surface area (Å²) < 4.78 is 0. The van der Waals surface area contributed by atoms with Gasteiger partial charge in [-0.1, -0.05) is 25.0 Å². The topological polar surface area (TPSA) is 32.3 Å². The van der Waals surface area contributed by atoms with E-state index in [0.29, 0.717) is 11.8 Å². The quantitative estimate of drug-likeness (QED) is 0.795. The van der Waals surface area contributed by atoms with Gasteiger partial charge in [-0.15, -0.1) is 0 Å². The summed E-state index contributed by atoms with van der Waals surface area (Å²) in [7, 11) is 2.01. The van der Waals surface area contributed by atoms with Crippen LogP contribution < -0.4 is 5.32 Å². The van der Waals surface area contributed by atoms with E-state index < -0.39 is 0 Å². The third kappa shape index (κ3) is 2.32. The summed E-state index contributed by atoms with van der Waals surface area (Å²) in [6.45, 7) is 0. The van der Waals surface area contributed by atoms with Gasteiger partial charge in [0.1, 0.15) is 5.75 Å². The fourth-order valence-electron chi connectivity index (χ4n) is 2.68. The summed E-state index contributed by atoms with van der Waals surface area (Å²) >= 11 is 0. The SMILES string of the molecule is CNC(c1cccc(O)c1)C1CCCC1. The van der Waals surface area contributed by atoms with Gasteiger partial charge in [-0.3, -0.25) is 0 Å². The minimum Gasteiger partial charge on any atom is -0.508 e. The van der Waals surface area contributed by atoms with Crippen molar-refractivity contribution in [3.05, 3.63) is 29.8 Å². The zero-order chi connectivity index (χ0) is 10.7. The highest BCUT2D eigenvalue weighted by atomic mass is 16.3. The first-order valence-electron chi connectivity index (χ1n) is 5.77. The maximum absolute atomic E-state index is 9.47. The lowest BCUT2D eigenvalue weighted by Gasteiger charge is -2.23. The van der Waals surface area contributed by atoms with Crippen molar-refractivity contribution in [2.45, 2.75) is 31.7 Å². The highest BCUT2D eigenvalue weighted by molar-refractivity contribution is 5.29. The maximum atomic E-state index is 9.47. The van der Waals surface area contributed by atoms with Crippen LogP contribution in [-0.2, 0) is 0 Å². The minimum atomic E-state index is 0.366. The summed E-state index contributed by atoms with van der Waals surface area (Å²) in [5.74, 6) is 1.10. The van der Waals surface area contributed by atoms with Crippen molar-refractivity contribution in [2.75, 3.05) is 7.05 Å². The molecule has 0 bridgehead atoms. The number of hydrogen-bond donors (Lipinski definition) is 2. The summed E-state index contributed by atoms with van der Waals surface area (Å²) in [4.78, 5) is 0. The molecule has 0 aliphatic heterocycles. The minimum absolute atomic E-state index is 0.366. The van der Waals surface area contributed by atoms with Gasteiger partial charge in [-0.05, 0) is 43.5 Å². The number of rotatable bonds is 3. The number of benzene rings is 1. The second-order valence-corrected chi connectivity index (χ2v) is 4.41. The summed E-state index contributed by atoms with van der Waals surface area (Å²) in [6, 6.07) is 8.02. The van der Waals surface area contributed by atoms with E-state index in [2.05, 4.69) is 11.4 Å². The molecule has 0 aromatic heterocycles. The lowest BCUT2D eigenvalue weighted by atomic mass is 9.92. The zero-order valence-corrected chi connectivity index (χ0v) is 9.24. The Balaban J connectivity index is 2.18. The average Bonchev–Trinajstić information content (AvgIpc) is 2.72. The second-order valence-electron chi connectivity index (χ2n) is 4.41. The van der Waals surface area contributed by atoms with Gasteiger partial charge in [0.05, 0.1) is 0 Å². The Morgan fingerprint density at radius 3 is 2.67 bits per heavy atom. The first kappa shape index (κ1) is 10.5. The van der Waals surface area contributed by atoms with Gasteiger partial charge >= 0.3 is 0 Å². The highest BCUT2D eigenvalue weighted by Crippen LogP contribution is 2.36. The van der Waals surface area contributed by atoms with Gasteiger partial charge in [-0.25, -0.2) is 0 Å². The van der Waals surface area contributed by atoms with E-state index >= 15 is 0 Å². The molecule has 0 spiro atoms. The lowest BCUT2D eigenvalue weighted by molar-refractivity contribution is 0.388. The number of aromatic hydroxyl groups is 1. The predicted octanol–water partition coefficient (Wildman–Crippen LogP) is 2.84. The van der Waals surface area contributed by atoms with E-state index in [4.69, 9.17) is 0 Å². The van der Waals surface area contributed by atoms with Crippen molar-refractivity contribution in [2.24, 2.45) is 5.92 Å². The first-order valence-corrected chi connectivity index (χ1v) is 5.77. The molecule has 1 aliphatic carbocycles. The van der Waals surface area contributed by atoms with Crippen LogP contribution >= 0.6 is 0 Å². The first-order chi connectivity index (χ1) is 7.31. The molecule has 0 saturated heterocycles. The molecule has 2 N–H and O–H groups in total. The van der Waals surface area contributed by atoms with Gasteiger partial charge < -0.3 is 10.4 Å². The molecule has 2 heteroatoms. The number of phenolic OH excluding ortho intramolecular Hbond substituents is 1. The molecule has 2 nitrogen and oxygen atoms in total. The van der Waals surface area contributed by atoms with Crippen LogP contribution in [0.25, 0.3) is 0 Å². The van der Waals surface area contributed by atoms with Crippen molar-refractivity contribution >= 4 is 0 Å². The fraction of sp³-hybridized carbons (Fsp3) is 0.538. The smallest absolute Gasteiger partial charge is 0.115 e. The molecular formula is C13H19NO. The van der Waals surface area contributed by atoms with Gasteiger partial charge in [0.25, 0.3) is 0 Å². The van der Waals surface area contributed by atoms with Crippen molar-refractivity contribution in [3.8, 4) is 5.75 Å². The molecule has 1 saturated carbocycles. The van der Waals surface area contributed by atoms with E-state index in [9.17, 15) is 5.11 Å². The second kappa shape index (κ2) is 4.67. The Morgan fingerprint density at radius 1 is 1.33 bits per heavy atom. The highest BCUT2D eigenvalue weighted by Gasteiger charge is 2.24. The van der Waals surface area contributed by atoms with Crippen molar-refractivity contribution in [1.29, 1.82) is 0 Å². The molecule has 1 aromatic carbocycles. The van der Waals surface area contributed by atoms with Crippen LogP contribution in [0.5, 0.6) is 5.75 Å². The third-order valence-corrected chi connectivity index (χ3v) is 3.41. The molecule has 0 heterocycles. The van der Waals surface area contributed by atoms with E-state index in [0.717, 1.165) is 5.92 Å². The van der Waals surface area contributed by atoms with Crippen LogP contribution in [0.1, 0.15) is 37.3 Å². The molecule has 1 unspecified atom stereocenters. The van der Waals surface area contributed by atoms with Crippen LogP contribution in [-0.4, -0.2) is 12.2 Å². The standard InChI is InChI=1S/C13H19NO/c1-14-13(10-5-2-3-6-10)11-7-4-8-12(15)9-11/h4,7-10,13-15H,2-3,5-6H2,1H3. The van der Waals surface area contributed by atoms with E-state index in [-0.39, 0.29) is 0 Å². The maximum Gasteiger partial charge on any atom is 0.115 e. The number of nitrogens with one attached hydrogen (secondary N) is 1. The molecule has 0 amide bonds. The van der Waals surface area contributed by atoms with E-state index in [1.54, 1.807) is 6.07 Å². The van der Waals surface area contributed by atoms with Crippen LogP contribution in [0, 0.1) is 5.92 Å². The Morgan fingerprint density at radius 2 is 2.07 bits per heavy atom. The van der Waals surface area contributed by atoms with E-state index in [1.165, 1.54) is 31.2 Å². The number of phenols is 1. The number of hydrogen-bond acceptors (Lipinski definition) is 2. The molecule has 15 heavy (non-hydrogen) atoms. The third-order valence-electron chi connectivity index (χ3n) is 3.41. The van der Waals surface area contributed by atoms with Crippen LogP contribution in [0.2, 0.25) is 0 Å². The van der Waals surface area contributed by atoms with Crippen LogP contribution in [0.4, 0.5) is 0 Å². The molecule has 1 aromatic rings. The Bertz CT molecular complexity index is 318. The zero-order valence-electron chi connectivity index (χ0n) is 9.24. The normalized spacial score (nSPS) is 19.3. The molecule has 1 fully saturated rings. The Hall–Kier alpha value is -1.02. The van der Waals surface area contributed by atoms with Gasteiger partial charge in [-0.2, -0.15) is 0 Å². The summed E-state index contributed by atoms with van der Waals surface area (Å²) in [5, 5.41) is 12.8. The molecule has 1 aliphatic rings. The monoisotopic (exact) mass is 205 g/mol. The molecule has 0 radical (unpaired) electrons. The van der Waals surface area contributed by atoms with Crippen LogP contribution in [0.15, 0.2) is 24.3 Å². The predicted molar refractivity (Wildman–Crippen MR) is 61.9 cm³/mol. The lowest BCUT2D eigenvalue weighted by Crippen LogP contribution is -2.23. The molecule has 2 rings (SSSR count). The molecule has 1 atom stereocenters. The van der Waals surface area contributed by atoms with Crippen molar-refractivity contribution in [3.63, 3.8) is 0 Å². The van der Waals surface area contributed by atoms with E-state index in [1.807, 2.05) is 19.2 Å². The largest absolute Gasteiger partial charge is 0.508 e.